The van der Waals surface area contributed by atoms with E-state index in [-0.39, 0.29) is 0 Å². The SMILES string of the molecule is CC(C)N(c1ccc(N(c2ccc(N(C(C)C)C(C)C)cc2)c2ccc3c(c2)c2cc(N(c4ccc(N(C(C)C)C(C)C)cc4)c4ccc(N(C(C)C)C(C)C)cc4)ccc2n3-c2ccccc2)cc1)C(C)C. The Bertz CT molecular complexity index is 2690. The molecule has 1 heterocycles. The van der Waals surface area contributed by atoms with Crippen molar-refractivity contribution in [1.29, 1.82) is 0 Å². The number of hydrogen-bond donors (Lipinski definition) is 0. The second-order valence-electron chi connectivity index (χ2n) is 22.2. The highest BCUT2D eigenvalue weighted by molar-refractivity contribution is 6.12. The molecule has 0 fully saturated rings. The number of benzene rings is 7. The van der Waals surface area contributed by atoms with Crippen molar-refractivity contribution < 1.29 is 0 Å². The maximum atomic E-state index is 2.49. The van der Waals surface area contributed by atoms with Gasteiger partial charge in [0.2, 0.25) is 0 Å². The molecule has 73 heavy (non-hydrogen) atoms. The third-order valence-electron chi connectivity index (χ3n) is 14.3. The summed E-state index contributed by atoms with van der Waals surface area (Å²) in [6, 6.07) is 64.6. The number of rotatable bonds is 19. The van der Waals surface area contributed by atoms with Gasteiger partial charge in [0.05, 0.1) is 11.0 Å². The highest BCUT2D eigenvalue weighted by atomic mass is 15.2. The Labute approximate surface area is 439 Å². The van der Waals surface area contributed by atoms with Crippen molar-refractivity contribution in [2.75, 3.05) is 29.4 Å². The fourth-order valence-corrected chi connectivity index (χ4v) is 11.9. The summed E-state index contributed by atoms with van der Waals surface area (Å²) in [6.07, 6.45) is 0. The van der Waals surface area contributed by atoms with Gasteiger partial charge >= 0.3 is 0 Å². The molecular formula is C66H83N7. The van der Waals surface area contributed by atoms with Crippen LogP contribution in [0.15, 0.2) is 164 Å². The predicted molar refractivity (Wildman–Crippen MR) is 321 cm³/mol. The van der Waals surface area contributed by atoms with Gasteiger partial charge in [-0.3, -0.25) is 0 Å². The highest BCUT2D eigenvalue weighted by Gasteiger charge is 2.24. The van der Waals surface area contributed by atoms with Gasteiger partial charge in [-0.1, -0.05) is 18.2 Å². The van der Waals surface area contributed by atoms with Gasteiger partial charge in [-0.2, -0.15) is 0 Å². The summed E-state index contributed by atoms with van der Waals surface area (Å²) in [5.74, 6) is 0. The van der Waals surface area contributed by atoms with Crippen molar-refractivity contribution in [2.24, 2.45) is 0 Å². The Morgan fingerprint density at radius 1 is 0.247 bits per heavy atom. The minimum absolute atomic E-state index is 0.378. The quantitative estimate of drug-likeness (QED) is 0.0801. The summed E-state index contributed by atoms with van der Waals surface area (Å²) in [5.41, 5.74) is 15.0. The minimum Gasteiger partial charge on any atom is -0.367 e. The van der Waals surface area contributed by atoms with Gasteiger partial charge in [-0.05, 0) is 256 Å². The maximum Gasteiger partial charge on any atom is 0.0542 e. The van der Waals surface area contributed by atoms with E-state index in [9.17, 15) is 0 Å². The molecule has 7 nitrogen and oxygen atoms in total. The van der Waals surface area contributed by atoms with Gasteiger partial charge in [0, 0.05) is 122 Å². The lowest BCUT2D eigenvalue weighted by Crippen LogP contribution is -2.37. The van der Waals surface area contributed by atoms with E-state index in [1.165, 1.54) is 33.5 Å². The molecular weight excluding hydrogens is 891 g/mol. The molecule has 0 atom stereocenters. The average molecular weight is 974 g/mol. The summed E-state index contributed by atoms with van der Waals surface area (Å²) in [5, 5.41) is 2.38. The molecule has 0 unspecified atom stereocenters. The fraction of sp³-hybridized carbons (Fsp3) is 0.364. The number of fused-ring (bicyclic) bond motifs is 3. The number of para-hydroxylation sites is 1. The van der Waals surface area contributed by atoms with E-state index in [1.807, 2.05) is 0 Å². The number of hydrogen-bond acceptors (Lipinski definition) is 6. The normalized spacial score (nSPS) is 12.0. The lowest BCUT2D eigenvalue weighted by molar-refractivity contribution is 0.608. The van der Waals surface area contributed by atoms with E-state index in [2.05, 4.69) is 309 Å². The van der Waals surface area contributed by atoms with Gasteiger partial charge in [-0.15, -0.1) is 0 Å². The average Bonchev–Trinajstić information content (AvgIpc) is 3.66. The molecule has 7 heteroatoms. The lowest BCUT2D eigenvalue weighted by Gasteiger charge is -2.34. The zero-order valence-electron chi connectivity index (χ0n) is 46.8. The second-order valence-corrected chi connectivity index (χ2v) is 22.2. The first-order valence-electron chi connectivity index (χ1n) is 27.1. The topological polar surface area (TPSA) is 24.4 Å². The van der Waals surface area contributed by atoms with E-state index in [1.54, 1.807) is 0 Å². The molecule has 0 radical (unpaired) electrons. The molecule has 382 valence electrons. The standard InChI is InChI=1S/C66H83N7/c1-44(2)67(45(3)4)53-22-30-57(31-23-53)71(58-32-24-54(25-33-58)68(46(5)6)47(7)8)61-38-40-65-63(42-61)64-43-62(39-41-66(64)73(65)52-20-18-17-19-21-52)72(59-34-26-55(27-35-59)69(48(9)10)49(11)12)60-36-28-56(29-37-60)70(50(13)14)51(15)16/h17-51H,1-16H3. The summed E-state index contributed by atoms with van der Waals surface area (Å²) < 4.78 is 2.43. The minimum atomic E-state index is 0.378. The van der Waals surface area contributed by atoms with Crippen LogP contribution in [-0.2, 0) is 0 Å². The molecule has 0 aliphatic heterocycles. The van der Waals surface area contributed by atoms with Crippen LogP contribution in [0.2, 0.25) is 0 Å². The van der Waals surface area contributed by atoms with Crippen LogP contribution in [-0.4, -0.2) is 52.9 Å². The van der Waals surface area contributed by atoms with Crippen LogP contribution >= 0.6 is 0 Å². The Balaban J connectivity index is 1.34. The van der Waals surface area contributed by atoms with E-state index >= 15 is 0 Å². The molecule has 0 saturated carbocycles. The maximum absolute atomic E-state index is 2.49. The first-order chi connectivity index (χ1) is 34.9. The van der Waals surface area contributed by atoms with Crippen molar-refractivity contribution >= 4 is 78.7 Å². The van der Waals surface area contributed by atoms with Crippen LogP contribution in [0.1, 0.15) is 111 Å². The molecule has 8 aromatic rings. The summed E-state index contributed by atoms with van der Waals surface area (Å²) in [6.45, 7) is 36.4. The second kappa shape index (κ2) is 22.1. The molecule has 1 aromatic heterocycles. The van der Waals surface area contributed by atoms with Crippen LogP contribution in [0.5, 0.6) is 0 Å². The largest absolute Gasteiger partial charge is 0.367 e. The summed E-state index contributed by atoms with van der Waals surface area (Å²) >= 11 is 0. The molecule has 0 saturated heterocycles. The Morgan fingerprint density at radius 3 is 0.699 bits per heavy atom. The molecule has 0 spiro atoms. The van der Waals surface area contributed by atoms with Gasteiger partial charge in [-0.25, -0.2) is 0 Å². The van der Waals surface area contributed by atoms with Crippen molar-refractivity contribution in [1.82, 2.24) is 4.57 Å². The number of nitrogens with zero attached hydrogens (tertiary/aromatic N) is 7. The molecule has 0 aliphatic rings. The Morgan fingerprint density at radius 2 is 0.466 bits per heavy atom. The lowest BCUT2D eigenvalue weighted by atomic mass is 10.1. The van der Waals surface area contributed by atoms with E-state index < -0.39 is 0 Å². The molecule has 0 aliphatic carbocycles. The predicted octanol–water partition coefficient (Wildman–Crippen LogP) is 18.2. The van der Waals surface area contributed by atoms with Crippen LogP contribution in [0, 0.1) is 0 Å². The van der Waals surface area contributed by atoms with Crippen LogP contribution in [0.4, 0.5) is 56.9 Å². The van der Waals surface area contributed by atoms with Gasteiger partial charge < -0.3 is 34.0 Å². The van der Waals surface area contributed by atoms with E-state index in [0.717, 1.165) is 50.8 Å². The Hall–Kier alpha value is -6.86. The summed E-state index contributed by atoms with van der Waals surface area (Å²) in [4.78, 5) is 14.8. The molecule has 0 bridgehead atoms. The van der Waals surface area contributed by atoms with E-state index in [0.29, 0.717) is 48.3 Å². The monoisotopic (exact) mass is 974 g/mol. The van der Waals surface area contributed by atoms with Gasteiger partial charge in [0.1, 0.15) is 0 Å². The number of aromatic nitrogens is 1. The first-order valence-corrected chi connectivity index (χ1v) is 27.1. The Kier molecular flexibility index (Phi) is 15.9. The van der Waals surface area contributed by atoms with Crippen molar-refractivity contribution in [3.05, 3.63) is 164 Å². The zero-order valence-corrected chi connectivity index (χ0v) is 46.8. The van der Waals surface area contributed by atoms with Crippen molar-refractivity contribution in [2.45, 2.75) is 159 Å². The smallest absolute Gasteiger partial charge is 0.0542 e. The number of anilines is 10. The molecule has 0 amide bonds. The van der Waals surface area contributed by atoms with Crippen molar-refractivity contribution in [3.63, 3.8) is 0 Å². The molecule has 8 rings (SSSR count). The third kappa shape index (κ3) is 10.8. The molecule has 7 aromatic carbocycles. The van der Waals surface area contributed by atoms with Gasteiger partial charge in [0.25, 0.3) is 0 Å². The van der Waals surface area contributed by atoms with Crippen molar-refractivity contribution in [3.8, 4) is 5.69 Å². The molecule has 0 N–H and O–H groups in total. The van der Waals surface area contributed by atoms with Crippen LogP contribution < -0.4 is 29.4 Å². The van der Waals surface area contributed by atoms with Gasteiger partial charge in [0.15, 0.2) is 0 Å². The van der Waals surface area contributed by atoms with Crippen LogP contribution in [0.3, 0.4) is 0 Å². The fourth-order valence-electron chi connectivity index (χ4n) is 11.9. The van der Waals surface area contributed by atoms with E-state index in [4.69, 9.17) is 0 Å². The van der Waals surface area contributed by atoms with Crippen LogP contribution in [0.25, 0.3) is 27.5 Å². The summed E-state index contributed by atoms with van der Waals surface area (Å²) in [7, 11) is 0. The third-order valence-corrected chi connectivity index (χ3v) is 14.3. The zero-order chi connectivity index (χ0) is 52.4. The highest BCUT2D eigenvalue weighted by Crippen LogP contribution is 2.44. The first kappa shape index (κ1) is 52.5.